The standard InChI is InChI=1S/C28H48N4O2S/c1-4-7-8-9-10-11-12-13-14-15-16-17-26(33)31-28(35)30-25-20-18-24(19-21-25)27(34)29-22-23-32(5-2)6-3/h18-21H,4-17,22-23H2,1-3H3,(H,29,34)(H2,30,31,33,35). The SMILES string of the molecule is CCCCCCCCCCCCCC(=O)NC(=S)Nc1ccc(C(=O)NCCN(CC)CC)cc1. The van der Waals surface area contributed by atoms with E-state index in [0.29, 0.717) is 18.5 Å². The fraction of sp³-hybridized carbons (Fsp3) is 0.679. The number of thiocarbonyl (C=S) groups is 1. The minimum Gasteiger partial charge on any atom is -0.351 e. The summed E-state index contributed by atoms with van der Waals surface area (Å²) in [6, 6.07) is 7.10. The molecule has 1 aromatic carbocycles. The van der Waals surface area contributed by atoms with Crippen LogP contribution in [0.1, 0.15) is 108 Å². The maximum absolute atomic E-state index is 12.3. The van der Waals surface area contributed by atoms with E-state index in [4.69, 9.17) is 12.2 Å². The number of anilines is 1. The van der Waals surface area contributed by atoms with Gasteiger partial charge in [0.1, 0.15) is 0 Å². The van der Waals surface area contributed by atoms with E-state index >= 15 is 0 Å². The highest BCUT2D eigenvalue weighted by Crippen LogP contribution is 2.12. The lowest BCUT2D eigenvalue weighted by Gasteiger charge is -2.18. The molecule has 1 aromatic rings. The van der Waals surface area contributed by atoms with Crippen molar-refractivity contribution in [3.8, 4) is 0 Å². The van der Waals surface area contributed by atoms with E-state index in [0.717, 1.165) is 38.2 Å². The Morgan fingerprint density at radius 3 is 1.89 bits per heavy atom. The lowest BCUT2D eigenvalue weighted by atomic mass is 10.1. The van der Waals surface area contributed by atoms with Gasteiger partial charge in [0.25, 0.3) is 5.91 Å². The zero-order chi connectivity index (χ0) is 25.7. The Labute approximate surface area is 219 Å². The van der Waals surface area contributed by atoms with E-state index in [-0.39, 0.29) is 16.9 Å². The van der Waals surface area contributed by atoms with Crippen LogP contribution in [0.25, 0.3) is 0 Å². The van der Waals surface area contributed by atoms with Gasteiger partial charge >= 0.3 is 0 Å². The van der Waals surface area contributed by atoms with E-state index in [1.165, 1.54) is 57.8 Å². The van der Waals surface area contributed by atoms with Crippen LogP contribution in [-0.2, 0) is 4.79 Å². The van der Waals surface area contributed by atoms with Crippen LogP contribution in [0.15, 0.2) is 24.3 Å². The van der Waals surface area contributed by atoms with Crippen molar-refractivity contribution in [1.29, 1.82) is 0 Å². The molecule has 3 N–H and O–H groups in total. The first kappa shape index (κ1) is 31.0. The van der Waals surface area contributed by atoms with Gasteiger partial charge in [-0.15, -0.1) is 0 Å². The van der Waals surface area contributed by atoms with Gasteiger partial charge in [0, 0.05) is 30.8 Å². The van der Waals surface area contributed by atoms with Crippen LogP contribution in [0.4, 0.5) is 5.69 Å². The van der Waals surface area contributed by atoms with Gasteiger partial charge in [0.15, 0.2) is 5.11 Å². The molecule has 35 heavy (non-hydrogen) atoms. The minimum atomic E-state index is -0.0911. The third kappa shape index (κ3) is 15.6. The van der Waals surface area contributed by atoms with Gasteiger partial charge < -0.3 is 20.9 Å². The first-order chi connectivity index (χ1) is 17.0. The molecule has 0 bridgehead atoms. The number of unbranched alkanes of at least 4 members (excludes halogenated alkanes) is 10. The summed E-state index contributed by atoms with van der Waals surface area (Å²) in [7, 11) is 0. The van der Waals surface area contributed by atoms with E-state index in [1.54, 1.807) is 24.3 Å². The third-order valence-electron chi connectivity index (χ3n) is 6.27. The average molecular weight is 505 g/mol. The molecule has 0 aromatic heterocycles. The number of hydrogen-bond acceptors (Lipinski definition) is 4. The molecule has 6 nitrogen and oxygen atoms in total. The molecule has 0 saturated heterocycles. The predicted octanol–water partition coefficient (Wildman–Crippen LogP) is 6.27. The van der Waals surface area contributed by atoms with Gasteiger partial charge in [-0.3, -0.25) is 9.59 Å². The van der Waals surface area contributed by atoms with Gasteiger partial charge in [-0.2, -0.15) is 0 Å². The lowest BCUT2D eigenvalue weighted by molar-refractivity contribution is -0.119. The molecular formula is C28H48N4O2S. The first-order valence-corrected chi connectivity index (χ1v) is 14.1. The highest BCUT2D eigenvalue weighted by Gasteiger charge is 2.08. The Hall–Kier alpha value is -1.99. The smallest absolute Gasteiger partial charge is 0.251 e. The van der Waals surface area contributed by atoms with Crippen molar-refractivity contribution in [3.05, 3.63) is 29.8 Å². The summed E-state index contributed by atoms with van der Waals surface area (Å²) in [5.41, 5.74) is 1.34. The van der Waals surface area contributed by atoms with Gasteiger partial charge in [0.2, 0.25) is 5.91 Å². The number of likely N-dealkylation sites (N-methyl/N-ethyl adjacent to an activating group) is 1. The van der Waals surface area contributed by atoms with Crippen molar-refractivity contribution >= 4 is 34.8 Å². The molecular weight excluding hydrogens is 456 g/mol. The van der Waals surface area contributed by atoms with Crippen molar-refractivity contribution < 1.29 is 9.59 Å². The molecule has 0 aliphatic heterocycles. The molecule has 0 aliphatic rings. The Bertz CT molecular complexity index is 720. The number of benzene rings is 1. The summed E-state index contributed by atoms with van der Waals surface area (Å²) in [5.74, 6) is -0.144. The summed E-state index contributed by atoms with van der Waals surface area (Å²) >= 11 is 5.26. The van der Waals surface area contributed by atoms with Crippen LogP contribution in [0.3, 0.4) is 0 Å². The number of nitrogens with zero attached hydrogens (tertiary/aromatic N) is 1. The van der Waals surface area contributed by atoms with E-state index < -0.39 is 0 Å². The molecule has 0 fully saturated rings. The number of amides is 2. The Balaban J connectivity index is 2.15. The zero-order valence-electron chi connectivity index (χ0n) is 22.3. The number of carbonyl (C=O) groups excluding carboxylic acids is 2. The molecule has 0 radical (unpaired) electrons. The van der Waals surface area contributed by atoms with Crippen LogP contribution >= 0.6 is 12.2 Å². The maximum Gasteiger partial charge on any atom is 0.251 e. The van der Waals surface area contributed by atoms with Gasteiger partial charge in [-0.1, -0.05) is 85.0 Å². The van der Waals surface area contributed by atoms with Crippen LogP contribution in [-0.4, -0.2) is 48.0 Å². The summed E-state index contributed by atoms with van der Waals surface area (Å²) in [4.78, 5) is 26.7. The Morgan fingerprint density at radius 1 is 0.800 bits per heavy atom. The average Bonchev–Trinajstić information content (AvgIpc) is 2.85. The van der Waals surface area contributed by atoms with Crippen LogP contribution < -0.4 is 16.0 Å². The molecule has 2 amide bonds. The largest absolute Gasteiger partial charge is 0.351 e. The number of nitrogens with one attached hydrogen (secondary N) is 3. The lowest BCUT2D eigenvalue weighted by Crippen LogP contribution is -2.35. The van der Waals surface area contributed by atoms with Crippen molar-refractivity contribution in [2.24, 2.45) is 0 Å². The topological polar surface area (TPSA) is 73.5 Å². The highest BCUT2D eigenvalue weighted by molar-refractivity contribution is 7.80. The zero-order valence-corrected chi connectivity index (χ0v) is 23.1. The molecule has 0 unspecified atom stereocenters. The molecule has 0 aliphatic carbocycles. The first-order valence-electron chi connectivity index (χ1n) is 13.7. The summed E-state index contributed by atoms with van der Waals surface area (Å²) in [6.45, 7) is 9.89. The fourth-order valence-electron chi connectivity index (χ4n) is 3.98. The van der Waals surface area contributed by atoms with Crippen molar-refractivity contribution in [2.75, 3.05) is 31.5 Å². The monoisotopic (exact) mass is 504 g/mol. The van der Waals surface area contributed by atoms with Crippen molar-refractivity contribution in [1.82, 2.24) is 15.5 Å². The Morgan fingerprint density at radius 2 is 1.34 bits per heavy atom. The molecule has 1 rings (SSSR count). The molecule has 0 heterocycles. The quantitative estimate of drug-likeness (QED) is 0.153. The summed E-state index contributed by atoms with van der Waals surface area (Å²) < 4.78 is 0. The third-order valence-corrected chi connectivity index (χ3v) is 6.48. The highest BCUT2D eigenvalue weighted by atomic mass is 32.1. The molecule has 198 valence electrons. The van der Waals surface area contributed by atoms with E-state index in [2.05, 4.69) is 41.6 Å². The van der Waals surface area contributed by atoms with Crippen molar-refractivity contribution in [3.63, 3.8) is 0 Å². The van der Waals surface area contributed by atoms with E-state index in [9.17, 15) is 9.59 Å². The summed E-state index contributed by atoms with van der Waals surface area (Å²) in [5, 5.41) is 9.00. The minimum absolute atomic E-state index is 0.0531. The van der Waals surface area contributed by atoms with Gasteiger partial charge in [-0.25, -0.2) is 0 Å². The van der Waals surface area contributed by atoms with E-state index in [1.807, 2.05) is 0 Å². The normalized spacial score (nSPS) is 10.9. The Kier molecular flexibility index (Phi) is 17.9. The number of hydrogen-bond donors (Lipinski definition) is 3. The second-order valence-corrected chi connectivity index (χ2v) is 9.56. The number of carbonyl (C=O) groups is 2. The maximum atomic E-state index is 12.3. The fourth-order valence-corrected chi connectivity index (χ4v) is 4.21. The number of rotatable bonds is 19. The van der Waals surface area contributed by atoms with Crippen molar-refractivity contribution in [2.45, 2.75) is 97.8 Å². The molecule has 0 spiro atoms. The van der Waals surface area contributed by atoms with Crippen LogP contribution in [0, 0.1) is 0 Å². The van der Waals surface area contributed by atoms with Gasteiger partial charge in [-0.05, 0) is 56.0 Å². The van der Waals surface area contributed by atoms with Crippen LogP contribution in [0.5, 0.6) is 0 Å². The predicted molar refractivity (Wildman–Crippen MR) is 152 cm³/mol. The van der Waals surface area contributed by atoms with Crippen LogP contribution in [0.2, 0.25) is 0 Å². The summed E-state index contributed by atoms with van der Waals surface area (Å²) in [6.07, 6.45) is 14.4. The second-order valence-electron chi connectivity index (χ2n) is 9.15. The molecule has 0 saturated carbocycles. The van der Waals surface area contributed by atoms with Gasteiger partial charge in [0.05, 0.1) is 0 Å². The molecule has 0 atom stereocenters. The second kappa shape index (κ2) is 20.2. The molecule has 7 heteroatoms.